The maximum absolute atomic E-state index is 13.2. The molecule has 3 aromatic carbocycles. The van der Waals surface area contributed by atoms with Gasteiger partial charge in [-0.05, 0) is 29.7 Å². The zero-order valence-corrected chi connectivity index (χ0v) is 18.8. The zero-order valence-electron chi connectivity index (χ0n) is 18.0. The Morgan fingerprint density at radius 2 is 1.53 bits per heavy atom. The Kier molecular flexibility index (Phi) is 7.02. The Hall–Kier alpha value is -3.38. The van der Waals surface area contributed by atoms with Crippen LogP contribution in [0.5, 0.6) is 0 Å². The third-order valence-electron chi connectivity index (χ3n) is 5.35. The molecule has 0 saturated heterocycles. The van der Waals surface area contributed by atoms with Crippen LogP contribution < -0.4 is 5.56 Å². The van der Waals surface area contributed by atoms with Crippen LogP contribution in [-0.2, 0) is 24.8 Å². The minimum atomic E-state index is -0.101. The van der Waals surface area contributed by atoms with E-state index in [1.807, 2.05) is 71.6 Å². The number of rotatable bonds is 8. The number of benzene rings is 3. The van der Waals surface area contributed by atoms with Crippen molar-refractivity contribution >= 4 is 28.6 Å². The van der Waals surface area contributed by atoms with Crippen molar-refractivity contribution in [3.63, 3.8) is 0 Å². The molecule has 0 N–H and O–H groups in total. The molecule has 162 valence electrons. The molecule has 0 aliphatic rings. The van der Waals surface area contributed by atoms with Gasteiger partial charge < -0.3 is 4.90 Å². The summed E-state index contributed by atoms with van der Waals surface area (Å²) >= 11 is 1.31. The Balaban J connectivity index is 1.49. The van der Waals surface area contributed by atoms with Gasteiger partial charge in [0.05, 0.1) is 16.7 Å². The lowest BCUT2D eigenvalue weighted by Gasteiger charge is -2.23. The molecule has 0 spiro atoms. The van der Waals surface area contributed by atoms with Crippen LogP contribution in [0.2, 0.25) is 0 Å². The highest BCUT2D eigenvalue weighted by molar-refractivity contribution is 7.99. The highest BCUT2D eigenvalue weighted by atomic mass is 32.2. The quantitative estimate of drug-likeness (QED) is 0.301. The Bertz CT molecular complexity index is 1260. The summed E-state index contributed by atoms with van der Waals surface area (Å²) in [5.41, 5.74) is 2.84. The van der Waals surface area contributed by atoms with Gasteiger partial charge in [0, 0.05) is 20.1 Å². The minimum absolute atomic E-state index is 0.0252. The van der Waals surface area contributed by atoms with E-state index in [0.717, 1.165) is 12.0 Å². The van der Waals surface area contributed by atoms with Gasteiger partial charge >= 0.3 is 0 Å². The molecule has 4 aromatic rings. The number of carbonyl (C=O) groups excluding carboxylic acids is 1. The Morgan fingerprint density at radius 1 is 0.906 bits per heavy atom. The van der Waals surface area contributed by atoms with Gasteiger partial charge in [0.15, 0.2) is 5.16 Å². The summed E-state index contributed by atoms with van der Waals surface area (Å²) in [6, 6.07) is 27.5. The standard InChI is InChI=1S/C26H25N3O2S/c1-28-25(31)22-14-8-9-15-23(22)27-26(28)32-19-24(30)29(18-21-12-6-3-7-13-21)17-16-20-10-4-2-5-11-20/h2-15H,16-19H2,1H3. The van der Waals surface area contributed by atoms with E-state index in [9.17, 15) is 9.59 Å². The average molecular weight is 444 g/mol. The second-order valence-electron chi connectivity index (χ2n) is 7.60. The second kappa shape index (κ2) is 10.3. The molecule has 0 aliphatic heterocycles. The van der Waals surface area contributed by atoms with E-state index in [4.69, 9.17) is 0 Å². The van der Waals surface area contributed by atoms with Crippen LogP contribution in [0.4, 0.5) is 0 Å². The fourth-order valence-electron chi connectivity index (χ4n) is 3.55. The highest BCUT2D eigenvalue weighted by Gasteiger charge is 2.17. The van der Waals surface area contributed by atoms with E-state index in [-0.39, 0.29) is 17.2 Å². The molecule has 4 rings (SSSR count). The lowest BCUT2D eigenvalue weighted by atomic mass is 10.1. The molecule has 6 heteroatoms. The van der Waals surface area contributed by atoms with Gasteiger partial charge in [0.1, 0.15) is 0 Å². The largest absolute Gasteiger partial charge is 0.337 e. The number of hydrogen-bond acceptors (Lipinski definition) is 4. The highest BCUT2D eigenvalue weighted by Crippen LogP contribution is 2.18. The van der Waals surface area contributed by atoms with Crippen LogP contribution in [0.25, 0.3) is 10.9 Å². The van der Waals surface area contributed by atoms with Crippen molar-refractivity contribution in [2.24, 2.45) is 7.05 Å². The third-order valence-corrected chi connectivity index (χ3v) is 6.36. The summed E-state index contributed by atoms with van der Waals surface area (Å²) in [5, 5.41) is 1.13. The molecule has 0 fully saturated rings. The second-order valence-corrected chi connectivity index (χ2v) is 8.54. The van der Waals surface area contributed by atoms with Crippen molar-refractivity contribution in [3.05, 3.63) is 106 Å². The van der Waals surface area contributed by atoms with Crippen molar-refractivity contribution in [2.75, 3.05) is 12.3 Å². The van der Waals surface area contributed by atoms with Crippen LogP contribution >= 0.6 is 11.8 Å². The van der Waals surface area contributed by atoms with Gasteiger partial charge in [-0.3, -0.25) is 14.2 Å². The number of amides is 1. The summed E-state index contributed by atoms with van der Waals surface area (Å²) in [6.45, 7) is 1.18. The van der Waals surface area contributed by atoms with Crippen molar-refractivity contribution in [3.8, 4) is 0 Å². The van der Waals surface area contributed by atoms with Crippen molar-refractivity contribution in [1.29, 1.82) is 0 Å². The molecule has 1 aromatic heterocycles. The number of thioether (sulfide) groups is 1. The van der Waals surface area contributed by atoms with E-state index in [1.165, 1.54) is 21.9 Å². The van der Waals surface area contributed by atoms with E-state index in [0.29, 0.717) is 29.1 Å². The predicted octanol–water partition coefficient (Wildman–Crippen LogP) is 4.30. The molecule has 32 heavy (non-hydrogen) atoms. The fraction of sp³-hybridized carbons (Fsp3) is 0.192. The molecular weight excluding hydrogens is 418 g/mol. The molecule has 1 amide bonds. The maximum Gasteiger partial charge on any atom is 0.261 e. The van der Waals surface area contributed by atoms with Gasteiger partial charge in [0.2, 0.25) is 5.91 Å². The Labute approximate surface area is 191 Å². The summed E-state index contributed by atoms with van der Waals surface area (Å²) in [4.78, 5) is 32.3. The average Bonchev–Trinajstić information content (AvgIpc) is 2.84. The molecule has 0 radical (unpaired) electrons. The molecule has 0 atom stereocenters. The Morgan fingerprint density at radius 3 is 2.25 bits per heavy atom. The smallest absolute Gasteiger partial charge is 0.261 e. The van der Waals surface area contributed by atoms with Crippen LogP contribution in [0.3, 0.4) is 0 Å². The van der Waals surface area contributed by atoms with Gasteiger partial charge in [-0.25, -0.2) is 4.98 Å². The van der Waals surface area contributed by atoms with Gasteiger partial charge in [-0.2, -0.15) is 0 Å². The maximum atomic E-state index is 13.2. The van der Waals surface area contributed by atoms with E-state index >= 15 is 0 Å². The normalized spacial score (nSPS) is 10.9. The van der Waals surface area contributed by atoms with Gasteiger partial charge in [-0.1, -0.05) is 84.6 Å². The van der Waals surface area contributed by atoms with Crippen LogP contribution in [0, 0.1) is 0 Å². The lowest BCUT2D eigenvalue weighted by Crippen LogP contribution is -2.34. The summed E-state index contributed by atoms with van der Waals surface area (Å²) in [5.74, 6) is 0.248. The van der Waals surface area contributed by atoms with Crippen molar-refractivity contribution in [1.82, 2.24) is 14.5 Å². The number of para-hydroxylation sites is 1. The van der Waals surface area contributed by atoms with Crippen LogP contribution in [0.1, 0.15) is 11.1 Å². The van der Waals surface area contributed by atoms with Crippen LogP contribution in [-0.4, -0.2) is 32.7 Å². The first-order valence-corrected chi connectivity index (χ1v) is 11.5. The lowest BCUT2D eigenvalue weighted by molar-refractivity contribution is -0.128. The van der Waals surface area contributed by atoms with Crippen LogP contribution in [0.15, 0.2) is 94.9 Å². The first kappa shape index (κ1) is 21.8. The molecular formula is C26H25N3O2S. The zero-order chi connectivity index (χ0) is 22.3. The molecule has 0 bridgehead atoms. The summed E-state index contributed by atoms with van der Waals surface area (Å²) in [7, 11) is 1.70. The van der Waals surface area contributed by atoms with E-state index < -0.39 is 0 Å². The molecule has 5 nitrogen and oxygen atoms in total. The SMILES string of the molecule is Cn1c(SCC(=O)N(CCc2ccccc2)Cc2ccccc2)nc2ccccc2c1=O. The summed E-state index contributed by atoms with van der Waals surface area (Å²) < 4.78 is 1.52. The number of nitrogens with zero attached hydrogens (tertiary/aromatic N) is 3. The first-order valence-electron chi connectivity index (χ1n) is 10.6. The van der Waals surface area contributed by atoms with Gasteiger partial charge in [-0.15, -0.1) is 0 Å². The molecule has 1 heterocycles. The van der Waals surface area contributed by atoms with E-state index in [1.54, 1.807) is 13.1 Å². The topological polar surface area (TPSA) is 55.2 Å². The molecule has 0 saturated carbocycles. The first-order chi connectivity index (χ1) is 15.6. The van der Waals surface area contributed by atoms with Gasteiger partial charge in [0.25, 0.3) is 5.56 Å². The number of fused-ring (bicyclic) bond motifs is 1. The number of carbonyl (C=O) groups is 1. The van der Waals surface area contributed by atoms with Crippen molar-refractivity contribution < 1.29 is 4.79 Å². The monoisotopic (exact) mass is 443 g/mol. The summed E-state index contributed by atoms with van der Waals surface area (Å²) in [6.07, 6.45) is 0.788. The minimum Gasteiger partial charge on any atom is -0.337 e. The van der Waals surface area contributed by atoms with Crippen molar-refractivity contribution in [2.45, 2.75) is 18.1 Å². The van der Waals surface area contributed by atoms with E-state index in [2.05, 4.69) is 17.1 Å². The number of aromatic nitrogens is 2. The predicted molar refractivity (Wildman–Crippen MR) is 130 cm³/mol. The fourth-order valence-corrected chi connectivity index (χ4v) is 4.42. The number of hydrogen-bond donors (Lipinski definition) is 0. The third kappa shape index (κ3) is 5.26. The molecule has 0 aliphatic carbocycles. The molecule has 0 unspecified atom stereocenters.